The molecule has 0 bridgehead atoms. The highest BCUT2D eigenvalue weighted by molar-refractivity contribution is 5.95. The van der Waals surface area contributed by atoms with Crippen molar-refractivity contribution in [1.29, 1.82) is 0 Å². The van der Waals surface area contributed by atoms with Crippen LogP contribution in [0.2, 0.25) is 0 Å². The van der Waals surface area contributed by atoms with Gasteiger partial charge in [0.15, 0.2) is 0 Å². The molecule has 1 heterocycles. The van der Waals surface area contributed by atoms with Crippen molar-refractivity contribution in [3.8, 4) is 0 Å². The maximum Gasteiger partial charge on any atom is 0.317 e. The van der Waals surface area contributed by atoms with Gasteiger partial charge in [-0.05, 0) is 58.9 Å². The van der Waals surface area contributed by atoms with Crippen molar-refractivity contribution in [2.24, 2.45) is 5.92 Å². The van der Waals surface area contributed by atoms with Crippen LogP contribution in [0, 0.1) is 5.92 Å². The van der Waals surface area contributed by atoms with Crippen molar-refractivity contribution in [3.63, 3.8) is 0 Å². The SMILES string of the molecule is CC(C)C(=O)N(CC(=O)Nc1ccc(N2CCN(C(=O)NC(C)(C)C)CC2)cc1)C(C)C. The van der Waals surface area contributed by atoms with Gasteiger partial charge in [-0.2, -0.15) is 0 Å². The maximum atomic E-state index is 12.5. The second-order valence-corrected chi connectivity index (χ2v) is 9.96. The van der Waals surface area contributed by atoms with Gasteiger partial charge in [-0.15, -0.1) is 0 Å². The molecule has 8 nitrogen and oxygen atoms in total. The number of hydrogen-bond acceptors (Lipinski definition) is 4. The fourth-order valence-electron chi connectivity index (χ4n) is 3.53. The van der Waals surface area contributed by atoms with Crippen molar-refractivity contribution in [1.82, 2.24) is 15.1 Å². The Bertz CT molecular complexity index is 791. The van der Waals surface area contributed by atoms with Crippen LogP contribution >= 0.6 is 0 Å². The first-order valence-electron chi connectivity index (χ1n) is 11.4. The number of benzene rings is 1. The van der Waals surface area contributed by atoms with Crippen LogP contribution in [0.4, 0.5) is 16.2 Å². The molecule has 8 heteroatoms. The third-order valence-corrected chi connectivity index (χ3v) is 5.28. The minimum absolute atomic E-state index is 0.0263. The maximum absolute atomic E-state index is 12.5. The Hall–Kier alpha value is -2.77. The molecule has 1 aliphatic heterocycles. The van der Waals surface area contributed by atoms with E-state index in [9.17, 15) is 14.4 Å². The Morgan fingerprint density at radius 1 is 0.969 bits per heavy atom. The van der Waals surface area contributed by atoms with Gasteiger partial charge in [0.05, 0.1) is 0 Å². The van der Waals surface area contributed by atoms with Crippen molar-refractivity contribution < 1.29 is 14.4 Å². The normalized spacial score (nSPS) is 14.5. The van der Waals surface area contributed by atoms with Crippen LogP contribution in [0.1, 0.15) is 48.5 Å². The Balaban J connectivity index is 1.89. The van der Waals surface area contributed by atoms with Gasteiger partial charge in [-0.1, -0.05) is 13.8 Å². The first-order valence-corrected chi connectivity index (χ1v) is 11.4. The number of piperazine rings is 1. The monoisotopic (exact) mass is 445 g/mol. The second kappa shape index (κ2) is 10.7. The smallest absolute Gasteiger partial charge is 0.317 e. The van der Waals surface area contributed by atoms with E-state index in [1.165, 1.54) is 0 Å². The molecule has 2 N–H and O–H groups in total. The van der Waals surface area contributed by atoms with Crippen LogP contribution in [-0.4, -0.2) is 71.9 Å². The van der Waals surface area contributed by atoms with Gasteiger partial charge in [0.2, 0.25) is 11.8 Å². The lowest BCUT2D eigenvalue weighted by Crippen LogP contribution is -2.55. The summed E-state index contributed by atoms with van der Waals surface area (Å²) in [6, 6.07) is 7.62. The zero-order chi connectivity index (χ0) is 24.1. The number of carbonyl (C=O) groups is 3. The standard InChI is InChI=1S/C24H39N5O3/c1-17(2)22(31)29(18(3)4)16-21(30)25-19-8-10-20(11-9-19)27-12-14-28(15-13-27)23(32)26-24(5,6)7/h8-11,17-18H,12-16H2,1-7H3,(H,25,30)(H,26,32). The minimum atomic E-state index is -0.247. The Kier molecular flexibility index (Phi) is 8.52. The summed E-state index contributed by atoms with van der Waals surface area (Å²) >= 11 is 0. The first-order chi connectivity index (χ1) is 14.9. The summed E-state index contributed by atoms with van der Waals surface area (Å²) in [6.07, 6.45) is 0. The van der Waals surface area contributed by atoms with E-state index in [0.717, 1.165) is 18.8 Å². The molecule has 0 saturated carbocycles. The fraction of sp³-hybridized carbons (Fsp3) is 0.625. The summed E-state index contributed by atoms with van der Waals surface area (Å²) in [5.41, 5.74) is 1.50. The van der Waals surface area contributed by atoms with Crippen LogP contribution in [0.15, 0.2) is 24.3 Å². The van der Waals surface area contributed by atoms with Gasteiger partial charge in [-0.3, -0.25) is 9.59 Å². The minimum Gasteiger partial charge on any atom is -0.368 e. The lowest BCUT2D eigenvalue weighted by atomic mass is 10.1. The van der Waals surface area contributed by atoms with Crippen LogP contribution in [0.25, 0.3) is 0 Å². The number of rotatable bonds is 6. The number of amides is 4. The largest absolute Gasteiger partial charge is 0.368 e. The fourth-order valence-corrected chi connectivity index (χ4v) is 3.53. The Labute approximate surface area is 192 Å². The van der Waals surface area contributed by atoms with Crippen LogP contribution in [0.5, 0.6) is 0 Å². The molecule has 0 spiro atoms. The molecule has 1 saturated heterocycles. The molecular weight excluding hydrogens is 406 g/mol. The lowest BCUT2D eigenvalue weighted by Gasteiger charge is -2.37. The molecule has 1 aromatic rings. The topological polar surface area (TPSA) is 85.0 Å². The summed E-state index contributed by atoms with van der Waals surface area (Å²) in [7, 11) is 0. The van der Waals surface area contributed by atoms with E-state index in [1.54, 1.807) is 4.90 Å². The molecule has 32 heavy (non-hydrogen) atoms. The Morgan fingerprint density at radius 3 is 2.00 bits per heavy atom. The van der Waals surface area contributed by atoms with Gasteiger partial charge >= 0.3 is 6.03 Å². The third-order valence-electron chi connectivity index (χ3n) is 5.28. The highest BCUT2D eigenvalue weighted by atomic mass is 16.2. The number of nitrogens with zero attached hydrogens (tertiary/aromatic N) is 3. The summed E-state index contributed by atoms with van der Waals surface area (Å²) < 4.78 is 0. The van der Waals surface area contributed by atoms with E-state index in [-0.39, 0.29) is 41.9 Å². The van der Waals surface area contributed by atoms with E-state index in [4.69, 9.17) is 0 Å². The molecule has 0 radical (unpaired) electrons. The number of nitrogens with one attached hydrogen (secondary N) is 2. The molecule has 0 aromatic heterocycles. The molecule has 4 amide bonds. The predicted molar refractivity (Wildman–Crippen MR) is 129 cm³/mol. The molecule has 1 aromatic carbocycles. The van der Waals surface area contributed by atoms with E-state index < -0.39 is 0 Å². The van der Waals surface area contributed by atoms with Gasteiger partial charge in [0.1, 0.15) is 6.54 Å². The predicted octanol–water partition coefficient (Wildman–Crippen LogP) is 3.15. The number of hydrogen-bond donors (Lipinski definition) is 2. The van der Waals surface area contributed by atoms with Crippen LogP contribution in [0.3, 0.4) is 0 Å². The molecule has 2 rings (SSSR count). The molecule has 1 fully saturated rings. The zero-order valence-corrected chi connectivity index (χ0v) is 20.6. The van der Waals surface area contributed by atoms with Gasteiger partial charge in [0, 0.05) is 55.1 Å². The van der Waals surface area contributed by atoms with Gasteiger partial charge in [-0.25, -0.2) is 4.79 Å². The van der Waals surface area contributed by atoms with Gasteiger partial charge in [0.25, 0.3) is 0 Å². The van der Waals surface area contributed by atoms with Crippen LogP contribution < -0.4 is 15.5 Å². The zero-order valence-electron chi connectivity index (χ0n) is 20.6. The highest BCUT2D eigenvalue weighted by Crippen LogP contribution is 2.20. The van der Waals surface area contributed by atoms with Crippen molar-refractivity contribution >= 4 is 29.2 Å². The number of urea groups is 1. The summed E-state index contributed by atoms with van der Waals surface area (Å²) in [4.78, 5) is 42.8. The van der Waals surface area contributed by atoms with Crippen LogP contribution in [-0.2, 0) is 9.59 Å². The first kappa shape index (κ1) is 25.5. The quantitative estimate of drug-likeness (QED) is 0.704. The lowest BCUT2D eigenvalue weighted by molar-refractivity contribution is -0.139. The van der Waals surface area contributed by atoms with E-state index in [0.29, 0.717) is 18.8 Å². The van der Waals surface area contributed by atoms with Crippen molar-refractivity contribution in [3.05, 3.63) is 24.3 Å². The third kappa shape index (κ3) is 7.43. The average molecular weight is 446 g/mol. The summed E-state index contributed by atoms with van der Waals surface area (Å²) in [6.45, 7) is 16.3. The van der Waals surface area contributed by atoms with E-state index in [1.807, 2.05) is 77.6 Å². The van der Waals surface area contributed by atoms with Crippen molar-refractivity contribution in [2.75, 3.05) is 42.9 Å². The number of carbonyl (C=O) groups excluding carboxylic acids is 3. The highest BCUT2D eigenvalue weighted by Gasteiger charge is 2.25. The number of anilines is 2. The average Bonchev–Trinajstić information content (AvgIpc) is 2.70. The molecule has 0 atom stereocenters. The summed E-state index contributed by atoms with van der Waals surface area (Å²) in [5.74, 6) is -0.385. The molecule has 1 aliphatic rings. The van der Waals surface area contributed by atoms with Gasteiger partial charge < -0.3 is 25.3 Å². The molecule has 178 valence electrons. The molecule has 0 unspecified atom stereocenters. The van der Waals surface area contributed by atoms with E-state index >= 15 is 0 Å². The summed E-state index contributed by atoms with van der Waals surface area (Å²) in [5, 5.41) is 5.89. The molecular formula is C24H39N5O3. The molecule has 0 aliphatic carbocycles. The second-order valence-electron chi connectivity index (χ2n) is 9.96. The Morgan fingerprint density at radius 2 is 1.53 bits per heavy atom. The van der Waals surface area contributed by atoms with Crippen molar-refractivity contribution in [2.45, 2.75) is 60.0 Å². The van der Waals surface area contributed by atoms with E-state index in [2.05, 4.69) is 15.5 Å².